The summed E-state index contributed by atoms with van der Waals surface area (Å²) in [4.78, 5) is 4.61. The molecular weight excluding hydrogens is 417 g/mol. The van der Waals surface area contributed by atoms with E-state index in [0.29, 0.717) is 31.9 Å². The van der Waals surface area contributed by atoms with Gasteiger partial charge in [-0.3, -0.25) is 4.99 Å². The number of rotatable bonds is 8. The Balaban J connectivity index is 1.63. The largest absolute Gasteiger partial charge is 0.491 e. The highest BCUT2D eigenvalue weighted by molar-refractivity contribution is 7.91. The number of guanidine groups is 1. The molecule has 1 saturated heterocycles. The molecule has 0 aliphatic carbocycles. The third-order valence-electron chi connectivity index (χ3n) is 4.92. The Morgan fingerprint density at radius 3 is 2.65 bits per heavy atom. The summed E-state index contributed by atoms with van der Waals surface area (Å²) in [6, 6.07) is 14.1. The summed E-state index contributed by atoms with van der Waals surface area (Å²) in [6.07, 6.45) is 1.38. The van der Waals surface area contributed by atoms with Crippen LogP contribution in [-0.4, -0.2) is 45.1 Å². The van der Waals surface area contributed by atoms with Crippen molar-refractivity contribution in [2.24, 2.45) is 10.9 Å². The number of ether oxygens (including phenoxy) is 1. The highest BCUT2D eigenvalue weighted by Gasteiger charge is 2.27. The summed E-state index contributed by atoms with van der Waals surface area (Å²) in [5, 5.41) is 6.53. The van der Waals surface area contributed by atoms with Crippen LogP contribution < -0.4 is 15.4 Å². The predicted molar refractivity (Wildman–Crippen MR) is 123 cm³/mol. The second kappa shape index (κ2) is 10.6. The molecule has 1 atom stereocenters. The maximum Gasteiger partial charge on any atom is 0.195 e. The first-order valence-corrected chi connectivity index (χ1v) is 12.4. The van der Waals surface area contributed by atoms with E-state index in [-0.39, 0.29) is 29.3 Å². The minimum absolute atomic E-state index is 0.0358. The number of benzene rings is 2. The van der Waals surface area contributed by atoms with Crippen molar-refractivity contribution < 1.29 is 17.5 Å². The summed E-state index contributed by atoms with van der Waals surface area (Å²) in [5.41, 5.74) is 1.73. The van der Waals surface area contributed by atoms with Gasteiger partial charge < -0.3 is 15.4 Å². The Morgan fingerprint density at radius 2 is 2.00 bits per heavy atom. The molecule has 1 fully saturated rings. The monoisotopic (exact) mass is 447 g/mol. The van der Waals surface area contributed by atoms with Crippen LogP contribution in [0.15, 0.2) is 53.5 Å². The van der Waals surface area contributed by atoms with Crippen molar-refractivity contribution in [3.05, 3.63) is 59.9 Å². The fourth-order valence-corrected chi connectivity index (χ4v) is 5.27. The number of aliphatic imine (C=N–C) groups is 1. The standard InChI is InChI=1S/C23H30FN3O3S/c1-17(2)30-22-8-6-21(7-9-22)27-23(26-15-19-11-13-31(28,29)16-19)25-12-10-18-4-3-5-20(24)14-18/h3-9,14,17,19H,10-13,15-16H2,1-2H3,(H2,25,26,27). The van der Waals surface area contributed by atoms with Gasteiger partial charge in [-0.05, 0) is 74.6 Å². The lowest BCUT2D eigenvalue weighted by Gasteiger charge is -2.15. The van der Waals surface area contributed by atoms with E-state index in [2.05, 4.69) is 15.6 Å². The van der Waals surface area contributed by atoms with Crippen molar-refractivity contribution >= 4 is 21.5 Å². The second-order valence-electron chi connectivity index (χ2n) is 8.08. The smallest absolute Gasteiger partial charge is 0.195 e. The Labute approximate surface area is 183 Å². The highest BCUT2D eigenvalue weighted by atomic mass is 32.2. The van der Waals surface area contributed by atoms with Gasteiger partial charge in [0.25, 0.3) is 0 Å². The molecule has 6 nitrogen and oxygen atoms in total. The van der Waals surface area contributed by atoms with Gasteiger partial charge >= 0.3 is 0 Å². The third kappa shape index (κ3) is 7.86. The molecule has 1 unspecified atom stereocenters. The third-order valence-corrected chi connectivity index (χ3v) is 6.76. The normalized spacial score (nSPS) is 18.2. The van der Waals surface area contributed by atoms with Gasteiger partial charge in [0.05, 0.1) is 17.6 Å². The molecule has 168 valence electrons. The first-order valence-electron chi connectivity index (χ1n) is 10.6. The first-order chi connectivity index (χ1) is 14.8. The molecule has 1 aliphatic rings. The molecule has 2 aromatic carbocycles. The first kappa shape index (κ1) is 23.1. The summed E-state index contributed by atoms with van der Waals surface area (Å²) in [5.74, 6) is 1.56. The Morgan fingerprint density at radius 1 is 1.23 bits per heavy atom. The van der Waals surface area contributed by atoms with Gasteiger partial charge in [-0.2, -0.15) is 0 Å². The van der Waals surface area contributed by atoms with E-state index in [1.54, 1.807) is 6.07 Å². The molecule has 0 amide bonds. The van der Waals surface area contributed by atoms with E-state index in [1.165, 1.54) is 12.1 Å². The molecule has 0 radical (unpaired) electrons. The van der Waals surface area contributed by atoms with Crippen molar-refractivity contribution in [1.82, 2.24) is 5.32 Å². The fourth-order valence-electron chi connectivity index (χ4n) is 3.42. The van der Waals surface area contributed by atoms with Gasteiger partial charge in [0, 0.05) is 18.8 Å². The number of hydrogen-bond donors (Lipinski definition) is 2. The van der Waals surface area contributed by atoms with Gasteiger partial charge in [-0.15, -0.1) is 0 Å². The second-order valence-corrected chi connectivity index (χ2v) is 10.3. The Bertz CT molecular complexity index is 991. The lowest BCUT2D eigenvalue weighted by atomic mass is 10.1. The van der Waals surface area contributed by atoms with Crippen LogP contribution in [0, 0.1) is 11.7 Å². The van der Waals surface area contributed by atoms with Crippen LogP contribution in [0.3, 0.4) is 0 Å². The average molecular weight is 448 g/mol. The van der Waals surface area contributed by atoms with Gasteiger partial charge in [0.2, 0.25) is 0 Å². The molecule has 31 heavy (non-hydrogen) atoms. The number of hydrogen-bond acceptors (Lipinski definition) is 4. The van der Waals surface area contributed by atoms with Crippen molar-refractivity contribution in [3.63, 3.8) is 0 Å². The molecule has 3 rings (SSSR count). The Hall–Kier alpha value is -2.61. The minimum atomic E-state index is -2.93. The number of halogens is 1. The van der Waals surface area contributed by atoms with E-state index in [9.17, 15) is 12.8 Å². The molecular formula is C23H30FN3O3S. The molecule has 0 saturated carbocycles. The zero-order valence-corrected chi connectivity index (χ0v) is 18.8. The zero-order chi connectivity index (χ0) is 22.3. The minimum Gasteiger partial charge on any atom is -0.491 e. The van der Waals surface area contributed by atoms with E-state index in [4.69, 9.17) is 4.74 Å². The molecule has 0 aromatic heterocycles. The number of nitrogens with one attached hydrogen (secondary N) is 2. The molecule has 0 spiro atoms. The van der Waals surface area contributed by atoms with Crippen molar-refractivity contribution in [2.45, 2.75) is 32.8 Å². The summed E-state index contributed by atoms with van der Waals surface area (Å²) in [7, 11) is -2.93. The summed E-state index contributed by atoms with van der Waals surface area (Å²) in [6.45, 7) is 4.95. The number of sulfone groups is 1. The van der Waals surface area contributed by atoms with Gasteiger partial charge in [0.15, 0.2) is 15.8 Å². The highest BCUT2D eigenvalue weighted by Crippen LogP contribution is 2.19. The lowest BCUT2D eigenvalue weighted by Crippen LogP contribution is -2.33. The topological polar surface area (TPSA) is 79.8 Å². The van der Waals surface area contributed by atoms with Crippen LogP contribution >= 0.6 is 0 Å². The number of nitrogens with zero attached hydrogens (tertiary/aromatic N) is 1. The van der Waals surface area contributed by atoms with Gasteiger partial charge in [0.1, 0.15) is 11.6 Å². The number of anilines is 1. The van der Waals surface area contributed by atoms with E-state index < -0.39 is 9.84 Å². The van der Waals surface area contributed by atoms with Gasteiger partial charge in [-0.1, -0.05) is 12.1 Å². The Kier molecular flexibility index (Phi) is 7.90. The van der Waals surface area contributed by atoms with Crippen LogP contribution in [0.2, 0.25) is 0 Å². The molecule has 0 bridgehead atoms. The van der Waals surface area contributed by atoms with Crippen LogP contribution in [0.25, 0.3) is 0 Å². The van der Waals surface area contributed by atoms with Crippen LogP contribution in [0.1, 0.15) is 25.8 Å². The quantitative estimate of drug-likeness (QED) is 0.477. The van der Waals surface area contributed by atoms with Crippen LogP contribution in [0.4, 0.5) is 10.1 Å². The predicted octanol–water partition coefficient (Wildman–Crippen LogP) is 3.65. The zero-order valence-electron chi connectivity index (χ0n) is 18.0. The van der Waals surface area contributed by atoms with Crippen molar-refractivity contribution in [1.29, 1.82) is 0 Å². The molecule has 2 N–H and O–H groups in total. The van der Waals surface area contributed by atoms with E-state index in [1.807, 2.05) is 44.2 Å². The molecule has 8 heteroatoms. The van der Waals surface area contributed by atoms with Gasteiger partial charge in [-0.25, -0.2) is 12.8 Å². The van der Waals surface area contributed by atoms with Crippen LogP contribution in [-0.2, 0) is 16.3 Å². The van der Waals surface area contributed by atoms with Crippen LogP contribution in [0.5, 0.6) is 5.75 Å². The maximum atomic E-state index is 13.4. The SMILES string of the molecule is CC(C)Oc1ccc(NC(=NCC2CCS(=O)(=O)C2)NCCc2cccc(F)c2)cc1. The molecule has 1 heterocycles. The van der Waals surface area contributed by atoms with E-state index >= 15 is 0 Å². The molecule has 1 aliphatic heterocycles. The van der Waals surface area contributed by atoms with Crippen molar-refractivity contribution in [2.75, 3.05) is 29.9 Å². The maximum absolute atomic E-state index is 13.4. The average Bonchev–Trinajstić information content (AvgIpc) is 3.06. The van der Waals surface area contributed by atoms with E-state index in [0.717, 1.165) is 17.0 Å². The summed E-state index contributed by atoms with van der Waals surface area (Å²) < 4.78 is 42.5. The summed E-state index contributed by atoms with van der Waals surface area (Å²) >= 11 is 0. The van der Waals surface area contributed by atoms with Crippen molar-refractivity contribution in [3.8, 4) is 5.75 Å². The fraction of sp³-hybridized carbons (Fsp3) is 0.435. The lowest BCUT2D eigenvalue weighted by molar-refractivity contribution is 0.242. The molecule has 2 aromatic rings.